The van der Waals surface area contributed by atoms with Crippen molar-refractivity contribution in [3.63, 3.8) is 0 Å². The van der Waals surface area contributed by atoms with Gasteiger partial charge in [-0.2, -0.15) is 0 Å². The number of aromatic hydroxyl groups is 1. The maximum Gasteiger partial charge on any atom is 0.223 e. The maximum absolute atomic E-state index is 11.8. The quantitative estimate of drug-likeness (QED) is 0.914. The van der Waals surface area contributed by atoms with Crippen molar-refractivity contribution in [3.05, 3.63) is 63.6 Å². The lowest BCUT2D eigenvalue weighted by Gasteiger charge is -2.29. The fraction of sp³-hybridized carbons (Fsp3) is 0.389. The Labute approximate surface area is 135 Å². The highest BCUT2D eigenvalue weighted by atomic mass is 16.5. The van der Waals surface area contributed by atoms with Crippen LogP contribution in [0.2, 0.25) is 0 Å². The predicted octanol–water partition coefficient (Wildman–Crippen LogP) is 1.76. The van der Waals surface area contributed by atoms with Crippen LogP contribution in [0.5, 0.6) is 5.75 Å². The van der Waals surface area contributed by atoms with E-state index in [9.17, 15) is 9.90 Å². The first kappa shape index (κ1) is 15.8. The lowest BCUT2D eigenvalue weighted by atomic mass is 10.00. The third kappa shape index (κ3) is 3.63. The molecule has 2 heterocycles. The van der Waals surface area contributed by atoms with Crippen molar-refractivity contribution in [2.75, 3.05) is 20.3 Å². The second kappa shape index (κ2) is 6.98. The van der Waals surface area contributed by atoms with Gasteiger partial charge in [0.15, 0.2) is 5.75 Å². The molecule has 0 aliphatic carbocycles. The van der Waals surface area contributed by atoms with Crippen LogP contribution in [0, 0.1) is 0 Å². The third-order valence-corrected chi connectivity index (χ3v) is 4.33. The number of hydrogen-bond donors (Lipinski definition) is 1. The monoisotopic (exact) mass is 314 g/mol. The van der Waals surface area contributed by atoms with Crippen molar-refractivity contribution < 1.29 is 9.84 Å². The van der Waals surface area contributed by atoms with Gasteiger partial charge in [0, 0.05) is 45.0 Å². The Morgan fingerprint density at radius 1 is 1.26 bits per heavy atom. The molecule has 0 saturated heterocycles. The summed E-state index contributed by atoms with van der Waals surface area (Å²) >= 11 is 0. The fourth-order valence-electron chi connectivity index (χ4n) is 3.05. The molecule has 0 unspecified atom stereocenters. The highest BCUT2D eigenvalue weighted by Gasteiger charge is 2.17. The first-order valence-electron chi connectivity index (χ1n) is 7.88. The summed E-state index contributed by atoms with van der Waals surface area (Å²) in [6.45, 7) is 3.70. The summed E-state index contributed by atoms with van der Waals surface area (Å²) in [6.07, 6.45) is 2.53. The highest BCUT2D eigenvalue weighted by Crippen LogP contribution is 2.20. The number of rotatable bonds is 5. The Kier molecular flexibility index (Phi) is 4.79. The highest BCUT2D eigenvalue weighted by molar-refractivity contribution is 5.29. The zero-order chi connectivity index (χ0) is 16.2. The second-order valence-corrected chi connectivity index (χ2v) is 5.93. The van der Waals surface area contributed by atoms with Gasteiger partial charge in [-0.15, -0.1) is 0 Å². The molecule has 0 radical (unpaired) electrons. The van der Waals surface area contributed by atoms with Crippen LogP contribution in [0.3, 0.4) is 0 Å². The average molecular weight is 314 g/mol. The van der Waals surface area contributed by atoms with Crippen LogP contribution in [0.25, 0.3) is 0 Å². The van der Waals surface area contributed by atoms with Crippen molar-refractivity contribution in [3.8, 4) is 5.75 Å². The minimum absolute atomic E-state index is 0.214. The molecular formula is C18H22N2O3. The smallest absolute Gasteiger partial charge is 0.223 e. The van der Waals surface area contributed by atoms with E-state index < -0.39 is 0 Å². The summed E-state index contributed by atoms with van der Waals surface area (Å²) in [4.78, 5) is 14.1. The van der Waals surface area contributed by atoms with Gasteiger partial charge in [-0.05, 0) is 17.5 Å². The van der Waals surface area contributed by atoms with Crippen LogP contribution >= 0.6 is 0 Å². The number of hydrogen-bond acceptors (Lipinski definition) is 4. The molecular weight excluding hydrogens is 292 g/mol. The number of benzene rings is 1. The van der Waals surface area contributed by atoms with Crippen LogP contribution in [0.1, 0.15) is 16.8 Å². The molecule has 0 spiro atoms. The van der Waals surface area contributed by atoms with Gasteiger partial charge in [-0.25, -0.2) is 0 Å². The number of ether oxygens (including phenoxy) is 1. The molecule has 3 rings (SSSR count). The standard InChI is InChI=1S/C18H22N2O3/c1-23-9-8-20-13-18(22)17(21)10-16(20)12-19-7-6-14-4-2-3-5-15(14)11-19/h2-5,10,13,22H,6-9,11-12H2,1H3. The lowest BCUT2D eigenvalue weighted by Crippen LogP contribution is -2.31. The molecule has 0 saturated carbocycles. The van der Waals surface area contributed by atoms with E-state index in [0.717, 1.165) is 25.2 Å². The molecule has 23 heavy (non-hydrogen) atoms. The molecule has 0 amide bonds. The van der Waals surface area contributed by atoms with E-state index in [1.165, 1.54) is 23.4 Å². The summed E-state index contributed by atoms with van der Waals surface area (Å²) in [6, 6.07) is 10.0. The Morgan fingerprint density at radius 3 is 2.83 bits per heavy atom. The molecule has 5 nitrogen and oxygen atoms in total. The van der Waals surface area contributed by atoms with E-state index in [4.69, 9.17) is 4.74 Å². The van der Waals surface area contributed by atoms with E-state index in [2.05, 4.69) is 29.2 Å². The van der Waals surface area contributed by atoms with Crippen LogP contribution in [-0.2, 0) is 30.8 Å². The van der Waals surface area contributed by atoms with Crippen LogP contribution in [0.15, 0.2) is 41.3 Å². The summed E-state index contributed by atoms with van der Waals surface area (Å²) in [7, 11) is 1.64. The van der Waals surface area contributed by atoms with E-state index in [1.807, 2.05) is 4.57 Å². The molecule has 2 aromatic rings. The molecule has 0 fully saturated rings. The molecule has 5 heteroatoms. The molecule has 1 N–H and O–H groups in total. The third-order valence-electron chi connectivity index (χ3n) is 4.33. The Morgan fingerprint density at radius 2 is 2.04 bits per heavy atom. The molecule has 1 aliphatic heterocycles. The van der Waals surface area contributed by atoms with Crippen LogP contribution < -0.4 is 5.43 Å². The zero-order valence-corrected chi connectivity index (χ0v) is 13.4. The van der Waals surface area contributed by atoms with Gasteiger partial charge >= 0.3 is 0 Å². The molecule has 0 bridgehead atoms. The molecule has 0 atom stereocenters. The Bertz CT molecular complexity index is 739. The van der Waals surface area contributed by atoms with Gasteiger partial charge in [0.2, 0.25) is 5.43 Å². The van der Waals surface area contributed by atoms with E-state index >= 15 is 0 Å². The topological polar surface area (TPSA) is 54.7 Å². The average Bonchev–Trinajstić information content (AvgIpc) is 2.56. The normalized spacial score (nSPS) is 14.7. The van der Waals surface area contributed by atoms with Gasteiger partial charge < -0.3 is 14.4 Å². The maximum atomic E-state index is 11.8. The molecule has 1 aromatic heterocycles. The zero-order valence-electron chi connectivity index (χ0n) is 13.4. The van der Waals surface area contributed by atoms with E-state index in [1.54, 1.807) is 7.11 Å². The minimum Gasteiger partial charge on any atom is -0.503 e. The summed E-state index contributed by atoms with van der Waals surface area (Å²) in [5, 5.41) is 9.67. The van der Waals surface area contributed by atoms with Crippen molar-refractivity contribution in [2.24, 2.45) is 0 Å². The fourth-order valence-corrected chi connectivity index (χ4v) is 3.05. The number of nitrogens with zero attached hydrogens (tertiary/aromatic N) is 2. The van der Waals surface area contributed by atoms with E-state index in [0.29, 0.717) is 19.7 Å². The van der Waals surface area contributed by atoms with Gasteiger partial charge in [0.05, 0.1) is 12.8 Å². The van der Waals surface area contributed by atoms with Crippen molar-refractivity contribution in [1.29, 1.82) is 0 Å². The largest absolute Gasteiger partial charge is 0.503 e. The molecule has 1 aromatic carbocycles. The first-order chi connectivity index (χ1) is 11.2. The first-order valence-corrected chi connectivity index (χ1v) is 7.88. The van der Waals surface area contributed by atoms with Crippen LogP contribution in [0.4, 0.5) is 0 Å². The number of pyridine rings is 1. The molecule has 122 valence electrons. The number of aromatic nitrogens is 1. The SMILES string of the molecule is COCCn1cc(O)c(=O)cc1CN1CCc2ccccc2C1. The summed E-state index contributed by atoms with van der Waals surface area (Å²) in [5.74, 6) is -0.214. The second-order valence-electron chi connectivity index (χ2n) is 5.93. The minimum atomic E-state index is -0.328. The number of methoxy groups -OCH3 is 1. The molecule has 1 aliphatic rings. The van der Waals surface area contributed by atoms with Gasteiger partial charge in [0.1, 0.15) is 0 Å². The van der Waals surface area contributed by atoms with Gasteiger partial charge in [-0.3, -0.25) is 9.69 Å². The van der Waals surface area contributed by atoms with Crippen molar-refractivity contribution >= 4 is 0 Å². The van der Waals surface area contributed by atoms with Crippen molar-refractivity contribution in [1.82, 2.24) is 9.47 Å². The Balaban J connectivity index is 1.80. The lowest BCUT2D eigenvalue weighted by molar-refractivity contribution is 0.182. The predicted molar refractivity (Wildman–Crippen MR) is 88.5 cm³/mol. The van der Waals surface area contributed by atoms with Gasteiger partial charge in [-0.1, -0.05) is 24.3 Å². The van der Waals surface area contributed by atoms with Crippen LogP contribution in [-0.4, -0.2) is 34.8 Å². The van der Waals surface area contributed by atoms with Gasteiger partial charge in [0.25, 0.3) is 0 Å². The van der Waals surface area contributed by atoms with Crippen molar-refractivity contribution in [2.45, 2.75) is 26.1 Å². The summed E-state index contributed by atoms with van der Waals surface area (Å²) < 4.78 is 7.02. The Hall–Kier alpha value is -2.11. The summed E-state index contributed by atoms with van der Waals surface area (Å²) in [5.41, 5.74) is 3.34. The van der Waals surface area contributed by atoms with E-state index in [-0.39, 0.29) is 11.2 Å². The number of fused-ring (bicyclic) bond motifs is 1.